The monoisotopic (exact) mass is 323 g/mol. The molecule has 0 spiro atoms. The Hall–Kier alpha value is -3.22. The van der Waals surface area contributed by atoms with Crippen molar-refractivity contribution >= 4 is 17.0 Å². The number of nitrogens with one attached hydrogen (secondary N) is 1. The van der Waals surface area contributed by atoms with Gasteiger partial charge in [-0.05, 0) is 31.0 Å². The summed E-state index contributed by atoms with van der Waals surface area (Å²) in [6.45, 7) is 0. The largest absolute Gasteiger partial charge is 0.478 e. The lowest BCUT2D eigenvalue weighted by molar-refractivity contribution is 0.0698. The molecule has 1 aromatic carbocycles. The Bertz CT molecular complexity index is 1080. The molecule has 3 aromatic rings. The summed E-state index contributed by atoms with van der Waals surface area (Å²) in [5, 5.41) is 9.41. The van der Waals surface area contributed by atoms with Gasteiger partial charge in [-0.1, -0.05) is 18.2 Å². The van der Waals surface area contributed by atoms with Crippen molar-refractivity contribution in [1.29, 1.82) is 0 Å². The zero-order chi connectivity index (χ0) is 16.8. The molecular formula is C17H13N3O4. The van der Waals surface area contributed by atoms with Crippen LogP contribution in [-0.4, -0.2) is 25.6 Å². The minimum absolute atomic E-state index is 0.0803. The Kier molecular flexibility index (Phi) is 3.09. The fourth-order valence-corrected chi connectivity index (χ4v) is 2.82. The molecule has 0 amide bonds. The highest BCUT2D eigenvalue weighted by Crippen LogP contribution is 2.40. The average molecular weight is 323 g/mol. The van der Waals surface area contributed by atoms with E-state index in [2.05, 4.69) is 9.97 Å². The van der Waals surface area contributed by atoms with Gasteiger partial charge in [0.05, 0.1) is 16.6 Å². The van der Waals surface area contributed by atoms with Crippen molar-refractivity contribution in [3.8, 4) is 5.69 Å². The lowest BCUT2D eigenvalue weighted by Crippen LogP contribution is -2.31. The van der Waals surface area contributed by atoms with Gasteiger partial charge in [0.1, 0.15) is 0 Å². The Morgan fingerprint density at radius 2 is 1.92 bits per heavy atom. The lowest BCUT2D eigenvalue weighted by atomic mass is 10.1. The standard InChI is InChI=1S/C17H13N3O4/c21-15-13-11(16(22)23)8-12(9-6-7-9)18-14(13)20(17(24)19-15)10-4-2-1-3-5-10/h1-5,8-9H,6-7H2,(H,22,23)(H,19,21,24). The number of aromatic nitrogens is 3. The van der Waals surface area contributed by atoms with E-state index < -0.39 is 17.2 Å². The summed E-state index contributed by atoms with van der Waals surface area (Å²) in [7, 11) is 0. The summed E-state index contributed by atoms with van der Waals surface area (Å²) < 4.78 is 1.25. The highest BCUT2D eigenvalue weighted by atomic mass is 16.4. The molecule has 7 heteroatoms. The Morgan fingerprint density at radius 3 is 2.54 bits per heavy atom. The van der Waals surface area contributed by atoms with Crippen LogP contribution in [0.3, 0.4) is 0 Å². The van der Waals surface area contributed by atoms with Crippen LogP contribution in [0.15, 0.2) is 46.0 Å². The van der Waals surface area contributed by atoms with Crippen molar-refractivity contribution in [2.75, 3.05) is 0 Å². The molecule has 24 heavy (non-hydrogen) atoms. The van der Waals surface area contributed by atoms with Crippen molar-refractivity contribution in [1.82, 2.24) is 14.5 Å². The highest BCUT2D eigenvalue weighted by Gasteiger charge is 2.28. The van der Waals surface area contributed by atoms with Crippen molar-refractivity contribution in [3.05, 3.63) is 68.5 Å². The number of para-hydroxylation sites is 1. The Morgan fingerprint density at radius 1 is 1.21 bits per heavy atom. The summed E-state index contributed by atoms with van der Waals surface area (Å²) in [5.74, 6) is -1.03. The highest BCUT2D eigenvalue weighted by molar-refractivity contribution is 6.01. The van der Waals surface area contributed by atoms with E-state index in [1.807, 2.05) is 0 Å². The molecule has 0 unspecified atom stereocenters. The molecule has 1 aliphatic carbocycles. The molecule has 0 atom stereocenters. The molecule has 0 saturated heterocycles. The number of benzene rings is 1. The molecule has 1 fully saturated rings. The first-order valence-corrected chi connectivity index (χ1v) is 7.55. The van der Waals surface area contributed by atoms with Gasteiger partial charge < -0.3 is 5.11 Å². The zero-order valence-electron chi connectivity index (χ0n) is 12.5. The van der Waals surface area contributed by atoms with E-state index in [1.54, 1.807) is 30.3 Å². The van der Waals surface area contributed by atoms with E-state index in [9.17, 15) is 19.5 Å². The van der Waals surface area contributed by atoms with Crippen molar-refractivity contribution < 1.29 is 9.90 Å². The number of aromatic amines is 1. The second-order valence-corrected chi connectivity index (χ2v) is 5.80. The van der Waals surface area contributed by atoms with Crippen molar-refractivity contribution in [2.24, 2.45) is 0 Å². The second kappa shape index (κ2) is 5.16. The van der Waals surface area contributed by atoms with Gasteiger partial charge in [0.25, 0.3) is 5.56 Å². The van der Waals surface area contributed by atoms with E-state index in [0.717, 1.165) is 12.8 Å². The first-order valence-electron chi connectivity index (χ1n) is 7.55. The molecule has 2 N–H and O–H groups in total. The van der Waals surface area contributed by atoms with Gasteiger partial charge in [0.15, 0.2) is 5.65 Å². The molecule has 2 aromatic heterocycles. The molecule has 1 saturated carbocycles. The number of hydrogen-bond donors (Lipinski definition) is 2. The van der Waals surface area contributed by atoms with Crippen LogP contribution in [0, 0.1) is 0 Å². The maximum absolute atomic E-state index is 12.4. The van der Waals surface area contributed by atoms with Gasteiger partial charge in [0, 0.05) is 11.6 Å². The van der Waals surface area contributed by atoms with Crippen LogP contribution in [0.2, 0.25) is 0 Å². The molecular weight excluding hydrogens is 310 g/mol. The van der Waals surface area contributed by atoms with Gasteiger partial charge in [-0.3, -0.25) is 9.78 Å². The molecule has 0 aliphatic heterocycles. The third-order valence-corrected chi connectivity index (χ3v) is 4.12. The number of aromatic carboxylic acids is 1. The van der Waals surface area contributed by atoms with Crippen LogP contribution in [0.1, 0.15) is 34.8 Å². The van der Waals surface area contributed by atoms with Crippen LogP contribution >= 0.6 is 0 Å². The summed E-state index contributed by atoms with van der Waals surface area (Å²) in [6.07, 6.45) is 1.85. The van der Waals surface area contributed by atoms with Crippen molar-refractivity contribution in [2.45, 2.75) is 18.8 Å². The van der Waals surface area contributed by atoms with Crippen LogP contribution in [0.5, 0.6) is 0 Å². The summed E-state index contributed by atoms with van der Waals surface area (Å²) in [6, 6.07) is 10.1. The minimum Gasteiger partial charge on any atom is -0.478 e. The first-order chi connectivity index (χ1) is 11.6. The number of H-pyrrole nitrogens is 1. The molecule has 1 aliphatic rings. The Balaban J connectivity index is 2.18. The van der Waals surface area contributed by atoms with E-state index >= 15 is 0 Å². The average Bonchev–Trinajstić information content (AvgIpc) is 3.39. The van der Waals surface area contributed by atoms with Crippen LogP contribution in [0.4, 0.5) is 0 Å². The number of hydrogen-bond acceptors (Lipinski definition) is 4. The third-order valence-electron chi connectivity index (χ3n) is 4.12. The molecule has 4 rings (SSSR count). The smallest absolute Gasteiger partial charge is 0.336 e. The third kappa shape index (κ3) is 2.21. The van der Waals surface area contributed by atoms with Crippen LogP contribution < -0.4 is 11.2 Å². The van der Waals surface area contributed by atoms with E-state index in [4.69, 9.17) is 0 Å². The molecule has 120 valence electrons. The fourth-order valence-electron chi connectivity index (χ4n) is 2.82. The molecule has 0 bridgehead atoms. The summed E-state index contributed by atoms with van der Waals surface area (Å²) in [5.41, 5.74) is -0.315. The summed E-state index contributed by atoms with van der Waals surface area (Å²) in [4.78, 5) is 42.9. The minimum atomic E-state index is -1.21. The normalized spacial score (nSPS) is 14.0. The topological polar surface area (TPSA) is 105 Å². The lowest BCUT2D eigenvalue weighted by Gasteiger charge is -2.11. The Labute approximate surface area is 135 Å². The van der Waals surface area contributed by atoms with Crippen LogP contribution in [0.25, 0.3) is 16.7 Å². The van der Waals surface area contributed by atoms with Crippen LogP contribution in [-0.2, 0) is 0 Å². The van der Waals surface area contributed by atoms with Gasteiger partial charge >= 0.3 is 11.7 Å². The second-order valence-electron chi connectivity index (χ2n) is 5.80. The maximum atomic E-state index is 12.4. The number of pyridine rings is 1. The fraction of sp³-hybridized carbons (Fsp3) is 0.176. The first kappa shape index (κ1) is 14.4. The van der Waals surface area contributed by atoms with E-state index in [1.165, 1.54) is 10.6 Å². The number of nitrogens with zero attached hydrogens (tertiary/aromatic N) is 2. The maximum Gasteiger partial charge on any atom is 0.336 e. The number of carboxylic acids is 1. The van der Waals surface area contributed by atoms with Gasteiger partial charge in [-0.2, -0.15) is 0 Å². The zero-order valence-corrected chi connectivity index (χ0v) is 12.5. The van der Waals surface area contributed by atoms with Gasteiger partial charge in [-0.15, -0.1) is 0 Å². The SMILES string of the molecule is O=C(O)c1cc(C2CC2)nc2c1c(=O)[nH]c(=O)n2-c1ccccc1. The summed E-state index contributed by atoms with van der Waals surface area (Å²) >= 11 is 0. The number of carbonyl (C=O) groups is 1. The predicted molar refractivity (Wildman–Crippen MR) is 86.9 cm³/mol. The predicted octanol–water partition coefficient (Wildman–Crippen LogP) is 1.65. The number of fused-ring (bicyclic) bond motifs is 1. The van der Waals surface area contributed by atoms with E-state index in [0.29, 0.717) is 11.4 Å². The quantitative estimate of drug-likeness (QED) is 0.762. The van der Waals surface area contributed by atoms with Gasteiger partial charge in [0.2, 0.25) is 0 Å². The molecule has 7 nitrogen and oxygen atoms in total. The van der Waals surface area contributed by atoms with E-state index in [-0.39, 0.29) is 22.5 Å². The van der Waals surface area contributed by atoms with Gasteiger partial charge in [-0.25, -0.2) is 19.1 Å². The van der Waals surface area contributed by atoms with Crippen molar-refractivity contribution in [3.63, 3.8) is 0 Å². The number of carboxylic acid groups (broad SMARTS) is 1. The molecule has 0 radical (unpaired) electrons. The molecule has 2 heterocycles. The number of rotatable bonds is 3.